The van der Waals surface area contributed by atoms with Gasteiger partial charge in [-0.05, 0) is 32.1 Å². The molecule has 0 aromatic carbocycles. The first-order valence-corrected chi connectivity index (χ1v) is 7.98. The SMILES string of the molecule is OCCN(CCOC1CCCCO1)C1CCCCC1. The van der Waals surface area contributed by atoms with Gasteiger partial charge in [0.05, 0.1) is 13.2 Å². The summed E-state index contributed by atoms with van der Waals surface area (Å²) in [6, 6.07) is 0.650. The molecule has 0 aromatic heterocycles. The van der Waals surface area contributed by atoms with Crippen LogP contribution in [-0.2, 0) is 9.47 Å². The maximum Gasteiger partial charge on any atom is 0.157 e. The van der Waals surface area contributed by atoms with E-state index >= 15 is 0 Å². The number of aliphatic hydroxyl groups excluding tert-OH is 1. The fraction of sp³-hybridized carbons (Fsp3) is 1.00. The van der Waals surface area contributed by atoms with Crippen LogP contribution in [0.15, 0.2) is 0 Å². The van der Waals surface area contributed by atoms with E-state index in [1.165, 1.54) is 44.9 Å². The fourth-order valence-electron chi connectivity index (χ4n) is 3.20. The van der Waals surface area contributed by atoms with E-state index in [0.717, 1.165) is 32.7 Å². The highest BCUT2D eigenvalue weighted by Gasteiger charge is 2.21. The Kier molecular flexibility index (Phi) is 7.14. The van der Waals surface area contributed by atoms with Gasteiger partial charge in [0.1, 0.15) is 0 Å². The van der Waals surface area contributed by atoms with Crippen molar-refractivity contribution in [1.82, 2.24) is 4.90 Å². The molecule has 1 aliphatic heterocycles. The topological polar surface area (TPSA) is 41.9 Å². The van der Waals surface area contributed by atoms with E-state index in [1.54, 1.807) is 0 Å². The van der Waals surface area contributed by atoms with Crippen LogP contribution in [0, 0.1) is 0 Å². The largest absolute Gasteiger partial charge is 0.395 e. The van der Waals surface area contributed by atoms with Crippen molar-refractivity contribution in [3.63, 3.8) is 0 Å². The quantitative estimate of drug-likeness (QED) is 0.770. The van der Waals surface area contributed by atoms with Gasteiger partial charge in [0, 0.05) is 25.7 Å². The smallest absolute Gasteiger partial charge is 0.157 e. The van der Waals surface area contributed by atoms with Gasteiger partial charge >= 0.3 is 0 Å². The molecule has 0 radical (unpaired) electrons. The molecule has 4 heteroatoms. The van der Waals surface area contributed by atoms with E-state index in [9.17, 15) is 5.11 Å². The monoisotopic (exact) mass is 271 g/mol. The molecule has 0 bridgehead atoms. The minimum absolute atomic E-state index is 0.0103. The van der Waals surface area contributed by atoms with E-state index in [2.05, 4.69) is 4.90 Å². The molecule has 4 nitrogen and oxygen atoms in total. The maximum atomic E-state index is 9.21. The number of aliphatic hydroxyl groups is 1. The Morgan fingerprint density at radius 3 is 2.47 bits per heavy atom. The second kappa shape index (κ2) is 8.90. The number of hydrogen-bond donors (Lipinski definition) is 1. The summed E-state index contributed by atoms with van der Waals surface area (Å²) in [6.45, 7) is 3.51. The number of ether oxygens (including phenoxy) is 2. The zero-order chi connectivity index (χ0) is 13.3. The Morgan fingerprint density at radius 1 is 1.00 bits per heavy atom. The standard InChI is InChI=1S/C15H29NO3/c17-11-9-16(14-6-2-1-3-7-14)10-13-19-15-8-4-5-12-18-15/h14-15,17H,1-13H2. The fourth-order valence-corrected chi connectivity index (χ4v) is 3.20. The first-order valence-electron chi connectivity index (χ1n) is 7.98. The molecule has 1 saturated carbocycles. The molecule has 112 valence electrons. The van der Waals surface area contributed by atoms with Crippen LogP contribution in [0.2, 0.25) is 0 Å². The number of nitrogens with zero attached hydrogens (tertiary/aromatic N) is 1. The first-order chi connectivity index (χ1) is 9.40. The van der Waals surface area contributed by atoms with Gasteiger partial charge in [-0.3, -0.25) is 4.90 Å². The third-order valence-corrected chi connectivity index (χ3v) is 4.30. The van der Waals surface area contributed by atoms with E-state index in [1.807, 2.05) is 0 Å². The van der Waals surface area contributed by atoms with Crippen LogP contribution in [0.5, 0.6) is 0 Å². The van der Waals surface area contributed by atoms with Crippen LogP contribution in [0.1, 0.15) is 51.4 Å². The average molecular weight is 271 g/mol. The lowest BCUT2D eigenvalue weighted by Crippen LogP contribution is -2.41. The molecule has 1 aliphatic carbocycles. The van der Waals surface area contributed by atoms with Gasteiger partial charge in [0.2, 0.25) is 0 Å². The summed E-state index contributed by atoms with van der Waals surface area (Å²) >= 11 is 0. The summed E-state index contributed by atoms with van der Waals surface area (Å²) in [5.41, 5.74) is 0. The van der Waals surface area contributed by atoms with Crippen molar-refractivity contribution in [3.05, 3.63) is 0 Å². The Balaban J connectivity index is 1.66. The molecule has 0 spiro atoms. The van der Waals surface area contributed by atoms with Crippen LogP contribution < -0.4 is 0 Å². The molecular weight excluding hydrogens is 242 g/mol. The van der Waals surface area contributed by atoms with Crippen molar-refractivity contribution >= 4 is 0 Å². The van der Waals surface area contributed by atoms with Gasteiger partial charge < -0.3 is 14.6 Å². The van der Waals surface area contributed by atoms with Crippen LogP contribution in [-0.4, -0.2) is 55.2 Å². The third-order valence-electron chi connectivity index (χ3n) is 4.30. The van der Waals surface area contributed by atoms with Gasteiger partial charge in [-0.25, -0.2) is 0 Å². The van der Waals surface area contributed by atoms with E-state index in [4.69, 9.17) is 9.47 Å². The van der Waals surface area contributed by atoms with Crippen molar-refractivity contribution in [3.8, 4) is 0 Å². The Hall–Kier alpha value is -0.160. The molecule has 2 rings (SSSR count). The molecule has 0 amide bonds. The highest BCUT2D eigenvalue weighted by molar-refractivity contribution is 4.75. The second-order valence-corrected chi connectivity index (χ2v) is 5.72. The van der Waals surface area contributed by atoms with Crippen LogP contribution in [0.4, 0.5) is 0 Å². The van der Waals surface area contributed by atoms with Crippen LogP contribution in [0.3, 0.4) is 0 Å². The molecule has 1 N–H and O–H groups in total. The average Bonchev–Trinajstić information content (AvgIpc) is 2.48. The summed E-state index contributed by atoms with van der Waals surface area (Å²) in [4.78, 5) is 2.40. The third kappa shape index (κ3) is 5.38. The lowest BCUT2D eigenvalue weighted by atomic mass is 9.94. The lowest BCUT2D eigenvalue weighted by Gasteiger charge is -2.34. The minimum atomic E-state index is 0.0103. The maximum absolute atomic E-state index is 9.21. The molecule has 1 heterocycles. The summed E-state index contributed by atoms with van der Waals surface area (Å²) in [7, 11) is 0. The molecule has 0 aromatic rings. The lowest BCUT2D eigenvalue weighted by molar-refractivity contribution is -0.165. The highest BCUT2D eigenvalue weighted by atomic mass is 16.7. The highest BCUT2D eigenvalue weighted by Crippen LogP contribution is 2.22. The predicted molar refractivity (Wildman–Crippen MR) is 75.1 cm³/mol. The molecule has 1 atom stereocenters. The molecule has 2 aliphatic rings. The molecule has 2 fully saturated rings. The Bertz CT molecular complexity index is 225. The van der Waals surface area contributed by atoms with Crippen molar-refractivity contribution in [2.24, 2.45) is 0 Å². The zero-order valence-corrected chi connectivity index (χ0v) is 12.1. The Morgan fingerprint density at radius 2 is 1.79 bits per heavy atom. The molecule has 1 saturated heterocycles. The number of rotatable bonds is 7. The first kappa shape index (κ1) is 15.2. The van der Waals surface area contributed by atoms with Crippen LogP contribution in [0.25, 0.3) is 0 Å². The van der Waals surface area contributed by atoms with Gasteiger partial charge in [-0.2, -0.15) is 0 Å². The van der Waals surface area contributed by atoms with E-state index in [0.29, 0.717) is 6.04 Å². The Labute approximate surface area is 117 Å². The molecule has 1 unspecified atom stereocenters. The van der Waals surface area contributed by atoms with Crippen molar-refractivity contribution in [1.29, 1.82) is 0 Å². The van der Waals surface area contributed by atoms with Gasteiger partial charge in [0.15, 0.2) is 6.29 Å². The van der Waals surface area contributed by atoms with E-state index in [-0.39, 0.29) is 12.9 Å². The number of hydrogen-bond acceptors (Lipinski definition) is 4. The second-order valence-electron chi connectivity index (χ2n) is 5.72. The van der Waals surface area contributed by atoms with Gasteiger partial charge in [-0.1, -0.05) is 19.3 Å². The van der Waals surface area contributed by atoms with Crippen molar-refractivity contribution in [2.75, 3.05) is 32.9 Å². The summed E-state index contributed by atoms with van der Waals surface area (Å²) in [5.74, 6) is 0. The van der Waals surface area contributed by atoms with Gasteiger partial charge in [-0.15, -0.1) is 0 Å². The summed E-state index contributed by atoms with van der Waals surface area (Å²) in [5, 5.41) is 9.21. The van der Waals surface area contributed by atoms with Crippen molar-refractivity contribution in [2.45, 2.75) is 63.7 Å². The summed E-state index contributed by atoms with van der Waals surface area (Å²) < 4.78 is 11.4. The van der Waals surface area contributed by atoms with E-state index < -0.39 is 0 Å². The summed E-state index contributed by atoms with van der Waals surface area (Å²) in [6.07, 6.45) is 10.0. The zero-order valence-electron chi connectivity index (χ0n) is 12.1. The van der Waals surface area contributed by atoms with Gasteiger partial charge in [0.25, 0.3) is 0 Å². The minimum Gasteiger partial charge on any atom is -0.395 e. The molecule has 19 heavy (non-hydrogen) atoms. The normalized spacial score (nSPS) is 25.9. The predicted octanol–water partition coefficient (Wildman–Crippen LogP) is 2.16. The van der Waals surface area contributed by atoms with Crippen LogP contribution >= 0.6 is 0 Å². The van der Waals surface area contributed by atoms with Crippen molar-refractivity contribution < 1.29 is 14.6 Å². The molecular formula is C15H29NO3.